The lowest BCUT2D eigenvalue weighted by Gasteiger charge is -1.99. The number of hydrogen-bond donors (Lipinski definition) is 1. The van der Waals surface area contributed by atoms with Gasteiger partial charge in [0, 0.05) is 24.0 Å². The molecule has 3 nitrogen and oxygen atoms in total. The molecular formula is C10H17N3S. The molecular weight excluding hydrogens is 194 g/mol. The Labute approximate surface area is 89.1 Å². The molecule has 2 rings (SSSR count). The third-order valence-corrected chi connectivity index (χ3v) is 3.13. The SMILES string of the molecule is CCCCCNc1nc(C2CC2)ns1. The molecule has 1 aromatic heterocycles. The van der Waals surface area contributed by atoms with Crippen LogP contribution in [0.3, 0.4) is 0 Å². The van der Waals surface area contributed by atoms with E-state index in [1.165, 1.54) is 43.6 Å². The molecule has 0 aliphatic heterocycles. The smallest absolute Gasteiger partial charge is 0.202 e. The van der Waals surface area contributed by atoms with E-state index < -0.39 is 0 Å². The van der Waals surface area contributed by atoms with Gasteiger partial charge in [0.1, 0.15) is 5.82 Å². The van der Waals surface area contributed by atoms with Crippen molar-refractivity contribution in [3.63, 3.8) is 0 Å². The molecule has 0 bridgehead atoms. The van der Waals surface area contributed by atoms with Gasteiger partial charge in [-0.3, -0.25) is 0 Å². The maximum Gasteiger partial charge on any atom is 0.202 e. The zero-order valence-electron chi connectivity index (χ0n) is 8.62. The predicted octanol–water partition coefficient (Wildman–Crippen LogP) is 3.02. The molecule has 1 saturated carbocycles. The summed E-state index contributed by atoms with van der Waals surface area (Å²) in [5.74, 6) is 1.74. The van der Waals surface area contributed by atoms with Crippen LogP contribution in [0.5, 0.6) is 0 Å². The molecule has 14 heavy (non-hydrogen) atoms. The average molecular weight is 211 g/mol. The lowest BCUT2D eigenvalue weighted by molar-refractivity contribution is 0.743. The minimum Gasteiger partial charge on any atom is -0.360 e. The fraction of sp³-hybridized carbons (Fsp3) is 0.800. The van der Waals surface area contributed by atoms with Crippen LogP contribution in [0, 0.1) is 0 Å². The Morgan fingerprint density at radius 3 is 3.00 bits per heavy atom. The van der Waals surface area contributed by atoms with Crippen molar-refractivity contribution in [2.75, 3.05) is 11.9 Å². The van der Waals surface area contributed by atoms with Crippen molar-refractivity contribution in [3.05, 3.63) is 5.82 Å². The molecule has 0 saturated heterocycles. The molecule has 0 amide bonds. The van der Waals surface area contributed by atoms with Crippen LogP contribution in [0.4, 0.5) is 5.13 Å². The summed E-state index contributed by atoms with van der Waals surface area (Å²) < 4.78 is 4.35. The van der Waals surface area contributed by atoms with E-state index in [0.717, 1.165) is 17.5 Å². The summed E-state index contributed by atoms with van der Waals surface area (Å²) in [4.78, 5) is 4.47. The minimum absolute atomic E-state index is 0.678. The van der Waals surface area contributed by atoms with Gasteiger partial charge in [-0.05, 0) is 19.3 Å². The number of nitrogens with one attached hydrogen (secondary N) is 1. The van der Waals surface area contributed by atoms with Crippen LogP contribution in [0.2, 0.25) is 0 Å². The van der Waals surface area contributed by atoms with Gasteiger partial charge in [-0.1, -0.05) is 19.8 Å². The number of nitrogens with zero attached hydrogens (tertiary/aromatic N) is 2. The zero-order valence-corrected chi connectivity index (χ0v) is 9.44. The van der Waals surface area contributed by atoms with E-state index >= 15 is 0 Å². The number of hydrogen-bond acceptors (Lipinski definition) is 4. The van der Waals surface area contributed by atoms with Crippen LogP contribution < -0.4 is 5.32 Å². The average Bonchev–Trinajstić information content (AvgIpc) is 2.94. The van der Waals surface area contributed by atoms with E-state index in [1.807, 2.05) is 0 Å². The maximum atomic E-state index is 4.47. The lowest BCUT2D eigenvalue weighted by atomic mass is 10.2. The summed E-state index contributed by atoms with van der Waals surface area (Å²) in [6.45, 7) is 3.25. The van der Waals surface area contributed by atoms with Gasteiger partial charge in [0.15, 0.2) is 0 Å². The van der Waals surface area contributed by atoms with Crippen molar-refractivity contribution in [1.82, 2.24) is 9.36 Å². The van der Waals surface area contributed by atoms with E-state index in [1.54, 1.807) is 0 Å². The highest BCUT2D eigenvalue weighted by atomic mass is 32.1. The summed E-state index contributed by atoms with van der Waals surface area (Å²) in [5, 5.41) is 4.33. The predicted molar refractivity (Wildman–Crippen MR) is 59.9 cm³/mol. The van der Waals surface area contributed by atoms with Gasteiger partial charge >= 0.3 is 0 Å². The Morgan fingerprint density at radius 2 is 2.29 bits per heavy atom. The summed E-state index contributed by atoms with van der Waals surface area (Å²) in [6.07, 6.45) is 6.36. The molecule has 78 valence electrons. The Hall–Kier alpha value is -0.640. The largest absolute Gasteiger partial charge is 0.360 e. The number of rotatable bonds is 6. The Morgan fingerprint density at radius 1 is 1.43 bits per heavy atom. The fourth-order valence-corrected chi connectivity index (χ4v) is 2.06. The monoisotopic (exact) mass is 211 g/mol. The van der Waals surface area contributed by atoms with Crippen LogP contribution in [-0.4, -0.2) is 15.9 Å². The second-order valence-electron chi connectivity index (χ2n) is 3.87. The third kappa shape index (κ3) is 2.67. The second-order valence-corrected chi connectivity index (χ2v) is 4.62. The zero-order chi connectivity index (χ0) is 9.80. The molecule has 0 radical (unpaired) electrons. The standard InChI is InChI=1S/C10H17N3S/c1-2-3-4-7-11-10-12-9(13-14-10)8-5-6-8/h8H,2-7H2,1H3,(H,11,12,13). The Bertz CT molecular complexity index is 281. The summed E-state index contributed by atoms with van der Waals surface area (Å²) in [6, 6.07) is 0. The first-order valence-corrected chi connectivity index (χ1v) is 6.25. The molecule has 1 fully saturated rings. The van der Waals surface area contributed by atoms with Crippen molar-refractivity contribution < 1.29 is 0 Å². The highest BCUT2D eigenvalue weighted by molar-refractivity contribution is 7.09. The van der Waals surface area contributed by atoms with Gasteiger partial charge in [0.05, 0.1) is 0 Å². The summed E-state index contributed by atoms with van der Waals surface area (Å²) in [5.41, 5.74) is 0. The van der Waals surface area contributed by atoms with Gasteiger partial charge in [-0.2, -0.15) is 4.37 Å². The Balaban J connectivity index is 1.72. The number of unbranched alkanes of at least 4 members (excludes halogenated alkanes) is 2. The highest BCUT2D eigenvalue weighted by Gasteiger charge is 2.27. The summed E-state index contributed by atoms with van der Waals surface area (Å²) >= 11 is 1.50. The molecule has 1 aliphatic rings. The number of anilines is 1. The van der Waals surface area contributed by atoms with Gasteiger partial charge in [-0.15, -0.1) is 0 Å². The van der Waals surface area contributed by atoms with Crippen LogP contribution in [0.15, 0.2) is 0 Å². The molecule has 1 aliphatic carbocycles. The fourth-order valence-electron chi connectivity index (χ4n) is 1.38. The highest BCUT2D eigenvalue weighted by Crippen LogP contribution is 2.39. The first kappa shape index (κ1) is 9.90. The first-order valence-electron chi connectivity index (χ1n) is 5.47. The topological polar surface area (TPSA) is 37.8 Å². The van der Waals surface area contributed by atoms with E-state index in [0.29, 0.717) is 5.92 Å². The molecule has 1 N–H and O–H groups in total. The quantitative estimate of drug-likeness (QED) is 0.735. The van der Waals surface area contributed by atoms with Gasteiger partial charge in [0.25, 0.3) is 0 Å². The van der Waals surface area contributed by atoms with E-state index in [4.69, 9.17) is 0 Å². The molecule has 0 aromatic carbocycles. The number of aromatic nitrogens is 2. The van der Waals surface area contributed by atoms with Crippen molar-refractivity contribution in [2.24, 2.45) is 0 Å². The van der Waals surface area contributed by atoms with Gasteiger partial charge in [0.2, 0.25) is 5.13 Å². The van der Waals surface area contributed by atoms with Crippen molar-refractivity contribution in [1.29, 1.82) is 0 Å². The second kappa shape index (κ2) is 4.73. The normalized spacial score (nSPS) is 15.8. The molecule has 1 aromatic rings. The molecule has 0 spiro atoms. The van der Waals surface area contributed by atoms with E-state index in [9.17, 15) is 0 Å². The van der Waals surface area contributed by atoms with Crippen LogP contribution in [0.1, 0.15) is 50.8 Å². The van der Waals surface area contributed by atoms with Crippen LogP contribution in [-0.2, 0) is 0 Å². The maximum absolute atomic E-state index is 4.47. The van der Waals surface area contributed by atoms with Crippen molar-refractivity contribution >= 4 is 16.7 Å². The molecule has 4 heteroatoms. The Kier molecular flexibility index (Phi) is 3.35. The van der Waals surface area contributed by atoms with Crippen molar-refractivity contribution in [3.8, 4) is 0 Å². The van der Waals surface area contributed by atoms with Crippen LogP contribution >= 0.6 is 11.5 Å². The minimum atomic E-state index is 0.678. The van der Waals surface area contributed by atoms with Gasteiger partial charge in [-0.25, -0.2) is 4.98 Å². The first-order chi connectivity index (χ1) is 6.90. The molecule has 1 heterocycles. The lowest BCUT2D eigenvalue weighted by Crippen LogP contribution is -2.00. The molecule has 0 unspecified atom stereocenters. The third-order valence-electron chi connectivity index (χ3n) is 2.44. The molecule has 0 atom stereocenters. The van der Waals surface area contributed by atoms with E-state index in [-0.39, 0.29) is 0 Å². The van der Waals surface area contributed by atoms with Crippen LogP contribution in [0.25, 0.3) is 0 Å². The van der Waals surface area contributed by atoms with E-state index in [2.05, 4.69) is 21.6 Å². The summed E-state index contributed by atoms with van der Waals surface area (Å²) in [7, 11) is 0. The van der Waals surface area contributed by atoms with Crippen molar-refractivity contribution in [2.45, 2.75) is 44.9 Å². The van der Waals surface area contributed by atoms with Gasteiger partial charge < -0.3 is 5.32 Å².